The lowest BCUT2D eigenvalue weighted by Crippen LogP contribution is -2.68. The number of rotatable bonds is 14. The molecule has 0 aromatic carbocycles. The first-order valence-corrected chi connectivity index (χ1v) is 13.1. The molecule has 1 heterocycles. The maximum Gasteiger partial charge on any atom is 0.243 e. The van der Waals surface area contributed by atoms with Gasteiger partial charge in [-0.15, -0.1) is 0 Å². The van der Waals surface area contributed by atoms with Gasteiger partial charge in [0.25, 0.3) is 0 Å². The molecular weight excluding hydrogens is 548 g/mol. The highest BCUT2D eigenvalue weighted by atomic mass is 16.5. The Labute approximate surface area is 236 Å². The molecular formula is C24H42N6O11. The quantitative estimate of drug-likeness (QED) is 0.0912. The minimum absolute atomic E-state index is 0.392. The van der Waals surface area contributed by atoms with Gasteiger partial charge in [0.05, 0.1) is 19.1 Å². The molecule has 0 aromatic rings. The van der Waals surface area contributed by atoms with Crippen LogP contribution in [0.4, 0.5) is 0 Å². The number of nitrogens with two attached hydrogens (primary N) is 1. The Balaban J connectivity index is 3.12. The second kappa shape index (κ2) is 16.2. The van der Waals surface area contributed by atoms with Gasteiger partial charge in [0.15, 0.2) is 6.23 Å². The normalized spacial score (nSPS) is 25.8. The monoisotopic (exact) mass is 590 g/mol. The summed E-state index contributed by atoms with van der Waals surface area (Å²) in [5.74, 6) is -5.47. The highest BCUT2D eigenvalue weighted by molar-refractivity contribution is 5.96. The van der Waals surface area contributed by atoms with Crippen LogP contribution in [0.2, 0.25) is 0 Å². The van der Waals surface area contributed by atoms with E-state index in [2.05, 4.69) is 26.6 Å². The summed E-state index contributed by atoms with van der Waals surface area (Å²) >= 11 is 0. The average molecular weight is 591 g/mol. The van der Waals surface area contributed by atoms with Gasteiger partial charge in [-0.05, 0) is 12.8 Å². The predicted octanol–water partition coefficient (Wildman–Crippen LogP) is -5.18. The summed E-state index contributed by atoms with van der Waals surface area (Å²) in [5.41, 5.74) is 5.23. The maximum atomic E-state index is 13.2. The Hall–Kier alpha value is -3.38. The highest BCUT2D eigenvalue weighted by Gasteiger charge is 2.45. The molecule has 10 atom stereocenters. The Morgan fingerprint density at radius 2 is 1.46 bits per heavy atom. The zero-order valence-corrected chi connectivity index (χ0v) is 23.6. The third-order valence-electron chi connectivity index (χ3n) is 6.56. The first-order chi connectivity index (χ1) is 19.0. The number of hydrogen-bond donors (Lipinski definition) is 10. The van der Waals surface area contributed by atoms with E-state index in [0.717, 1.165) is 13.8 Å². The van der Waals surface area contributed by atoms with Gasteiger partial charge in [-0.1, -0.05) is 20.3 Å². The minimum atomic E-state index is -1.63. The molecule has 1 aliphatic rings. The van der Waals surface area contributed by atoms with E-state index in [1.54, 1.807) is 13.8 Å². The molecule has 0 radical (unpaired) electrons. The molecule has 11 N–H and O–H groups in total. The third kappa shape index (κ3) is 10.5. The molecule has 1 aliphatic heterocycles. The van der Waals surface area contributed by atoms with Crippen molar-refractivity contribution in [2.45, 2.75) is 102 Å². The smallest absolute Gasteiger partial charge is 0.243 e. The first-order valence-electron chi connectivity index (χ1n) is 13.1. The van der Waals surface area contributed by atoms with E-state index in [-0.39, 0.29) is 0 Å². The van der Waals surface area contributed by atoms with E-state index in [9.17, 15) is 49.2 Å². The number of hydrogen-bond acceptors (Lipinski definition) is 11. The van der Waals surface area contributed by atoms with E-state index in [1.165, 1.54) is 6.92 Å². The zero-order valence-electron chi connectivity index (χ0n) is 23.6. The second-order valence-electron chi connectivity index (χ2n) is 10.0. The van der Waals surface area contributed by atoms with Crippen molar-refractivity contribution in [1.82, 2.24) is 26.6 Å². The van der Waals surface area contributed by atoms with Gasteiger partial charge in [0, 0.05) is 13.8 Å². The van der Waals surface area contributed by atoms with Gasteiger partial charge < -0.3 is 57.5 Å². The molecule has 17 nitrogen and oxygen atoms in total. The van der Waals surface area contributed by atoms with Crippen LogP contribution in [0.25, 0.3) is 0 Å². The van der Waals surface area contributed by atoms with Gasteiger partial charge in [-0.25, -0.2) is 0 Å². The minimum Gasteiger partial charge on any atom is -0.394 e. The Morgan fingerprint density at radius 3 is 1.93 bits per heavy atom. The molecule has 1 rings (SSSR count). The lowest BCUT2D eigenvalue weighted by atomic mass is 9.95. The highest BCUT2D eigenvalue weighted by Crippen LogP contribution is 2.20. The van der Waals surface area contributed by atoms with Gasteiger partial charge >= 0.3 is 0 Å². The molecule has 17 heteroatoms. The lowest BCUT2D eigenvalue weighted by molar-refractivity contribution is -0.203. The van der Waals surface area contributed by atoms with Crippen LogP contribution in [0.15, 0.2) is 0 Å². The number of amides is 6. The van der Waals surface area contributed by atoms with Crippen LogP contribution in [0, 0.1) is 5.92 Å². The zero-order chi connectivity index (χ0) is 31.6. The van der Waals surface area contributed by atoms with E-state index >= 15 is 0 Å². The topological polar surface area (TPSA) is 279 Å². The van der Waals surface area contributed by atoms with Crippen molar-refractivity contribution in [3.8, 4) is 0 Å². The largest absolute Gasteiger partial charge is 0.394 e. The molecule has 234 valence electrons. The molecule has 0 bridgehead atoms. The molecule has 0 saturated carbocycles. The molecule has 6 amide bonds. The molecule has 0 aromatic heterocycles. The van der Waals surface area contributed by atoms with Crippen LogP contribution >= 0.6 is 0 Å². The summed E-state index contributed by atoms with van der Waals surface area (Å²) in [4.78, 5) is 74.1. The number of carbonyl (C=O) groups is 6. The number of aliphatic hydroxyl groups excluding tert-OH is 4. The van der Waals surface area contributed by atoms with E-state index in [4.69, 9.17) is 10.5 Å². The van der Waals surface area contributed by atoms with E-state index in [1.807, 2.05) is 0 Å². The summed E-state index contributed by atoms with van der Waals surface area (Å²) in [7, 11) is 0. The molecule has 0 spiro atoms. The Bertz CT molecular complexity index is 964. The van der Waals surface area contributed by atoms with Crippen molar-refractivity contribution < 1.29 is 53.9 Å². The van der Waals surface area contributed by atoms with Crippen LogP contribution < -0.4 is 32.3 Å². The number of primary amides is 1. The summed E-state index contributed by atoms with van der Waals surface area (Å²) in [5, 5.41) is 51.5. The third-order valence-corrected chi connectivity index (χ3v) is 6.56. The van der Waals surface area contributed by atoms with Crippen molar-refractivity contribution in [3.63, 3.8) is 0 Å². The number of carbonyl (C=O) groups excluding carboxylic acids is 6. The SMILES string of the molecule is CCC(C)C(NC(=O)[C@H](CC(=O)N[C@@H]1OC(CO)[C@@H](O)C(O)C1NC(C)=O)NC(C)=O)C(=O)N[C@H](C(N)=O)C(C)O. The Kier molecular flexibility index (Phi) is 14.1. The van der Waals surface area contributed by atoms with Gasteiger partial charge in [0.1, 0.15) is 42.5 Å². The summed E-state index contributed by atoms with van der Waals surface area (Å²) in [6.07, 6.45) is -7.59. The molecule has 1 fully saturated rings. The average Bonchev–Trinajstić information content (AvgIpc) is 2.87. The number of ether oxygens (including phenoxy) is 1. The summed E-state index contributed by atoms with van der Waals surface area (Å²) < 4.78 is 5.44. The van der Waals surface area contributed by atoms with Crippen LogP contribution in [-0.2, 0) is 33.5 Å². The molecule has 1 saturated heterocycles. The molecule has 41 heavy (non-hydrogen) atoms. The second-order valence-corrected chi connectivity index (χ2v) is 10.0. The van der Waals surface area contributed by atoms with E-state index < -0.39 is 109 Å². The van der Waals surface area contributed by atoms with Crippen molar-refractivity contribution >= 4 is 35.4 Å². The van der Waals surface area contributed by atoms with Crippen molar-refractivity contribution in [3.05, 3.63) is 0 Å². The fourth-order valence-electron chi connectivity index (χ4n) is 4.12. The van der Waals surface area contributed by atoms with Crippen molar-refractivity contribution in [2.24, 2.45) is 11.7 Å². The van der Waals surface area contributed by atoms with Crippen molar-refractivity contribution in [1.29, 1.82) is 0 Å². The fourth-order valence-corrected chi connectivity index (χ4v) is 4.12. The fraction of sp³-hybridized carbons (Fsp3) is 0.750. The van der Waals surface area contributed by atoms with Gasteiger partial charge in [-0.2, -0.15) is 0 Å². The summed E-state index contributed by atoms with van der Waals surface area (Å²) in [6, 6.07) is -5.53. The van der Waals surface area contributed by atoms with Gasteiger partial charge in [0.2, 0.25) is 35.4 Å². The lowest BCUT2D eigenvalue weighted by Gasteiger charge is -2.42. The number of nitrogens with one attached hydrogen (secondary N) is 5. The number of aliphatic hydroxyl groups is 4. The molecule has 0 aliphatic carbocycles. The van der Waals surface area contributed by atoms with Crippen LogP contribution in [-0.4, -0.2) is 117 Å². The summed E-state index contributed by atoms with van der Waals surface area (Å²) in [6.45, 7) is 6.11. The predicted molar refractivity (Wildman–Crippen MR) is 140 cm³/mol. The first kappa shape index (κ1) is 35.6. The van der Waals surface area contributed by atoms with Crippen LogP contribution in [0.3, 0.4) is 0 Å². The van der Waals surface area contributed by atoms with Crippen molar-refractivity contribution in [2.75, 3.05) is 6.61 Å². The van der Waals surface area contributed by atoms with E-state index in [0.29, 0.717) is 6.42 Å². The Morgan fingerprint density at radius 1 is 0.878 bits per heavy atom. The van der Waals surface area contributed by atoms with Crippen LogP contribution in [0.5, 0.6) is 0 Å². The maximum absolute atomic E-state index is 13.2. The standard InChI is InChI=1S/C24H42N6O11/c1-6-9(2)16(23(40)30-17(10(3)32)21(25)38)29-22(39)13(26-11(4)33)7-15(35)28-24-18(27-12(5)34)20(37)19(36)14(8-31)41-24/h9-10,13-14,16-20,24,31-32,36-37H,6-8H2,1-5H3,(H2,25,38)(H,26,33)(H,27,34)(H,28,35)(H,29,39)(H,30,40)/t9?,10?,13-,14?,16?,17-,18?,19+,20?,24+/m0/s1. The van der Waals surface area contributed by atoms with Crippen LogP contribution in [0.1, 0.15) is 47.5 Å². The molecule has 6 unspecified atom stereocenters. The van der Waals surface area contributed by atoms with Gasteiger partial charge in [-0.3, -0.25) is 28.8 Å².